The summed E-state index contributed by atoms with van der Waals surface area (Å²) in [7, 11) is 1.68. The molecule has 1 unspecified atom stereocenters. The lowest BCUT2D eigenvalue weighted by Crippen LogP contribution is -2.43. The lowest BCUT2D eigenvalue weighted by Gasteiger charge is -2.38. The number of nitrogens with zero attached hydrogens (tertiary/aromatic N) is 3. The lowest BCUT2D eigenvalue weighted by molar-refractivity contribution is -0.0449. The average molecular weight is 339 g/mol. The number of piperidine rings is 1. The van der Waals surface area contributed by atoms with Crippen molar-refractivity contribution < 1.29 is 9.47 Å². The summed E-state index contributed by atoms with van der Waals surface area (Å²) in [5.74, 6) is 1.22. The highest BCUT2D eigenvalue weighted by atomic mass is 16.5. The Morgan fingerprint density at radius 1 is 1.24 bits per heavy atom. The van der Waals surface area contributed by atoms with Crippen molar-refractivity contribution in [1.29, 1.82) is 0 Å². The predicted octanol–water partition coefficient (Wildman–Crippen LogP) is 3.02. The van der Waals surface area contributed by atoms with Crippen molar-refractivity contribution >= 4 is 0 Å². The molecule has 1 spiro atoms. The number of pyridine rings is 2. The fourth-order valence-electron chi connectivity index (χ4n) is 4.11. The molecule has 0 saturated carbocycles. The SMILES string of the molecule is COc1ncccc1CN1CCC2(CC1)CC(c1cccnc1)CO2. The quantitative estimate of drug-likeness (QED) is 0.857. The Kier molecular flexibility index (Phi) is 4.68. The van der Waals surface area contributed by atoms with Gasteiger partial charge < -0.3 is 9.47 Å². The van der Waals surface area contributed by atoms with Crippen LogP contribution < -0.4 is 4.74 Å². The van der Waals surface area contributed by atoms with Crippen molar-refractivity contribution in [2.45, 2.75) is 37.3 Å². The molecular weight excluding hydrogens is 314 g/mol. The van der Waals surface area contributed by atoms with E-state index in [2.05, 4.69) is 27.0 Å². The van der Waals surface area contributed by atoms with Crippen LogP contribution in [0.5, 0.6) is 5.88 Å². The van der Waals surface area contributed by atoms with Crippen LogP contribution in [0.15, 0.2) is 42.9 Å². The van der Waals surface area contributed by atoms with Gasteiger partial charge in [0.1, 0.15) is 0 Å². The first-order valence-corrected chi connectivity index (χ1v) is 9.02. The van der Waals surface area contributed by atoms with Gasteiger partial charge in [-0.05, 0) is 37.0 Å². The first-order valence-electron chi connectivity index (χ1n) is 9.02. The van der Waals surface area contributed by atoms with Crippen LogP contribution in [-0.4, -0.2) is 47.3 Å². The molecule has 4 heterocycles. The molecule has 0 aromatic carbocycles. The van der Waals surface area contributed by atoms with E-state index >= 15 is 0 Å². The Hall–Kier alpha value is -1.98. The number of likely N-dealkylation sites (tertiary alicyclic amines) is 1. The highest BCUT2D eigenvalue weighted by Crippen LogP contribution is 2.42. The van der Waals surface area contributed by atoms with E-state index in [1.807, 2.05) is 24.5 Å². The third kappa shape index (κ3) is 3.53. The van der Waals surface area contributed by atoms with Gasteiger partial charge in [-0.25, -0.2) is 4.98 Å². The van der Waals surface area contributed by atoms with E-state index < -0.39 is 0 Å². The van der Waals surface area contributed by atoms with E-state index in [0.717, 1.165) is 56.9 Å². The highest BCUT2D eigenvalue weighted by molar-refractivity contribution is 5.25. The number of methoxy groups -OCH3 is 1. The van der Waals surface area contributed by atoms with E-state index in [1.165, 1.54) is 5.56 Å². The van der Waals surface area contributed by atoms with Crippen LogP contribution in [-0.2, 0) is 11.3 Å². The second-order valence-corrected chi connectivity index (χ2v) is 7.13. The van der Waals surface area contributed by atoms with E-state index in [-0.39, 0.29) is 5.60 Å². The van der Waals surface area contributed by atoms with Crippen molar-refractivity contribution in [2.24, 2.45) is 0 Å². The summed E-state index contributed by atoms with van der Waals surface area (Å²) in [5, 5.41) is 0. The summed E-state index contributed by atoms with van der Waals surface area (Å²) in [5.41, 5.74) is 2.51. The summed E-state index contributed by atoms with van der Waals surface area (Å²) in [6.45, 7) is 3.82. The van der Waals surface area contributed by atoms with Crippen molar-refractivity contribution in [3.8, 4) is 5.88 Å². The van der Waals surface area contributed by atoms with Crippen LogP contribution >= 0.6 is 0 Å². The second-order valence-electron chi connectivity index (χ2n) is 7.13. The van der Waals surface area contributed by atoms with Crippen molar-refractivity contribution in [3.05, 3.63) is 54.0 Å². The summed E-state index contributed by atoms with van der Waals surface area (Å²) in [6.07, 6.45) is 8.89. The minimum absolute atomic E-state index is 0.0516. The first kappa shape index (κ1) is 16.5. The van der Waals surface area contributed by atoms with Crippen LogP contribution in [0.2, 0.25) is 0 Å². The molecule has 0 aliphatic carbocycles. The maximum atomic E-state index is 6.30. The Bertz CT molecular complexity index is 699. The fourth-order valence-corrected chi connectivity index (χ4v) is 4.11. The smallest absolute Gasteiger partial charge is 0.217 e. The standard InChI is InChI=1S/C20H25N3O2/c1-24-19-17(5-3-9-22-19)14-23-10-6-20(7-11-23)12-18(15-25-20)16-4-2-8-21-13-16/h2-5,8-9,13,18H,6-7,10-12,14-15H2,1H3. The zero-order valence-electron chi connectivity index (χ0n) is 14.7. The molecule has 2 saturated heterocycles. The minimum Gasteiger partial charge on any atom is -0.481 e. The Labute approximate surface area is 149 Å². The molecule has 0 amide bonds. The lowest BCUT2D eigenvalue weighted by atomic mass is 9.83. The molecule has 2 aromatic heterocycles. The molecule has 0 N–H and O–H groups in total. The minimum atomic E-state index is 0.0516. The topological polar surface area (TPSA) is 47.5 Å². The molecule has 4 rings (SSSR count). The van der Waals surface area contributed by atoms with Crippen molar-refractivity contribution in [1.82, 2.24) is 14.9 Å². The second kappa shape index (κ2) is 7.10. The maximum Gasteiger partial charge on any atom is 0.217 e. The van der Waals surface area contributed by atoms with E-state index in [1.54, 1.807) is 13.3 Å². The summed E-state index contributed by atoms with van der Waals surface area (Å²) < 4.78 is 11.7. The first-order chi connectivity index (χ1) is 12.3. The van der Waals surface area contributed by atoms with Crippen molar-refractivity contribution in [3.63, 3.8) is 0 Å². The van der Waals surface area contributed by atoms with Gasteiger partial charge in [-0.15, -0.1) is 0 Å². The van der Waals surface area contributed by atoms with Gasteiger partial charge in [-0.3, -0.25) is 9.88 Å². The van der Waals surface area contributed by atoms with Crippen LogP contribution in [0.25, 0.3) is 0 Å². The van der Waals surface area contributed by atoms with Gasteiger partial charge in [0.05, 0.1) is 19.3 Å². The van der Waals surface area contributed by atoms with E-state index in [4.69, 9.17) is 9.47 Å². The molecular formula is C20H25N3O2. The van der Waals surface area contributed by atoms with Gasteiger partial charge >= 0.3 is 0 Å². The molecule has 5 nitrogen and oxygen atoms in total. The monoisotopic (exact) mass is 339 g/mol. The number of aromatic nitrogens is 2. The zero-order chi connectivity index (χ0) is 17.1. The number of rotatable bonds is 4. The highest BCUT2D eigenvalue weighted by Gasteiger charge is 2.43. The molecule has 1 atom stereocenters. The summed E-state index contributed by atoms with van der Waals surface area (Å²) >= 11 is 0. The van der Waals surface area contributed by atoms with Crippen LogP contribution in [0.1, 0.15) is 36.3 Å². The Morgan fingerprint density at radius 2 is 2.08 bits per heavy atom. The Balaban J connectivity index is 1.36. The van der Waals surface area contributed by atoms with Crippen molar-refractivity contribution in [2.75, 3.05) is 26.8 Å². The van der Waals surface area contributed by atoms with Gasteiger partial charge in [-0.1, -0.05) is 12.1 Å². The molecule has 2 aliphatic heterocycles. The average Bonchev–Trinajstić information content (AvgIpc) is 3.09. The fraction of sp³-hybridized carbons (Fsp3) is 0.500. The molecule has 0 radical (unpaired) electrons. The molecule has 5 heteroatoms. The molecule has 2 aromatic rings. The van der Waals surface area contributed by atoms with Gasteiger partial charge in [0.25, 0.3) is 0 Å². The number of hydrogen-bond acceptors (Lipinski definition) is 5. The van der Waals surface area contributed by atoms with Gasteiger partial charge in [0, 0.05) is 49.7 Å². The van der Waals surface area contributed by atoms with E-state index in [0.29, 0.717) is 5.92 Å². The largest absolute Gasteiger partial charge is 0.481 e. The summed E-state index contributed by atoms with van der Waals surface area (Å²) in [4.78, 5) is 11.0. The zero-order valence-corrected chi connectivity index (χ0v) is 14.7. The molecule has 25 heavy (non-hydrogen) atoms. The number of ether oxygens (including phenoxy) is 2. The van der Waals surface area contributed by atoms with E-state index in [9.17, 15) is 0 Å². The summed E-state index contributed by atoms with van der Waals surface area (Å²) in [6, 6.07) is 8.26. The van der Waals surface area contributed by atoms with Crippen LogP contribution in [0.3, 0.4) is 0 Å². The normalized spacial score (nSPS) is 23.0. The van der Waals surface area contributed by atoms with Crippen LogP contribution in [0.4, 0.5) is 0 Å². The Morgan fingerprint density at radius 3 is 2.84 bits per heavy atom. The predicted molar refractivity (Wildman–Crippen MR) is 95.6 cm³/mol. The van der Waals surface area contributed by atoms with Gasteiger partial charge in [0.2, 0.25) is 5.88 Å². The third-order valence-electron chi connectivity index (χ3n) is 5.57. The molecule has 2 fully saturated rings. The molecule has 0 bridgehead atoms. The van der Waals surface area contributed by atoms with Crippen LogP contribution in [0, 0.1) is 0 Å². The molecule has 132 valence electrons. The van der Waals surface area contributed by atoms with Gasteiger partial charge in [0.15, 0.2) is 0 Å². The van der Waals surface area contributed by atoms with Gasteiger partial charge in [-0.2, -0.15) is 0 Å². The molecule has 2 aliphatic rings. The number of hydrogen-bond donors (Lipinski definition) is 0. The third-order valence-corrected chi connectivity index (χ3v) is 5.57. The maximum absolute atomic E-state index is 6.30.